The van der Waals surface area contributed by atoms with Crippen LogP contribution in [-0.2, 0) is 0 Å². The van der Waals surface area contributed by atoms with E-state index in [4.69, 9.17) is 11.6 Å². The molecule has 1 aliphatic heterocycles. The van der Waals surface area contributed by atoms with Gasteiger partial charge in [0.1, 0.15) is 5.69 Å². The number of alkyl halides is 1. The van der Waals surface area contributed by atoms with Crippen molar-refractivity contribution in [2.45, 2.75) is 0 Å². The number of hydrogen-bond donors (Lipinski definition) is 0. The highest BCUT2D eigenvalue weighted by atomic mass is 35.5. The summed E-state index contributed by atoms with van der Waals surface area (Å²) in [4.78, 5) is 21.2. The summed E-state index contributed by atoms with van der Waals surface area (Å²) in [6.07, 6.45) is 4.55. The molecule has 5 heteroatoms. The van der Waals surface area contributed by atoms with Crippen LogP contribution in [0.15, 0.2) is 18.6 Å². The first-order chi connectivity index (χ1) is 6.81. The first kappa shape index (κ1) is 9.40. The molecular weight excluding hydrogens is 202 g/mol. The van der Waals surface area contributed by atoms with Crippen molar-refractivity contribution in [3.05, 3.63) is 24.3 Å². The van der Waals surface area contributed by atoms with Crippen molar-refractivity contribution in [2.24, 2.45) is 5.92 Å². The van der Waals surface area contributed by atoms with Crippen LogP contribution in [0.2, 0.25) is 0 Å². The van der Waals surface area contributed by atoms with E-state index >= 15 is 0 Å². The topological polar surface area (TPSA) is 46.1 Å². The summed E-state index contributed by atoms with van der Waals surface area (Å²) in [5, 5.41) is 0. The highest BCUT2D eigenvalue weighted by Gasteiger charge is 2.30. The van der Waals surface area contributed by atoms with E-state index in [2.05, 4.69) is 9.97 Å². The van der Waals surface area contributed by atoms with Gasteiger partial charge in [0.15, 0.2) is 0 Å². The van der Waals surface area contributed by atoms with Crippen molar-refractivity contribution in [3.63, 3.8) is 0 Å². The molecule has 1 aliphatic rings. The minimum Gasteiger partial charge on any atom is -0.336 e. The number of amides is 1. The molecule has 74 valence electrons. The molecule has 0 aliphatic carbocycles. The summed E-state index contributed by atoms with van der Waals surface area (Å²) in [5.74, 6) is 1.00. The van der Waals surface area contributed by atoms with Crippen LogP contribution in [0.4, 0.5) is 0 Å². The van der Waals surface area contributed by atoms with Crippen molar-refractivity contribution in [2.75, 3.05) is 19.0 Å². The largest absolute Gasteiger partial charge is 0.336 e. The Hall–Kier alpha value is -1.16. The van der Waals surface area contributed by atoms with E-state index in [1.807, 2.05) is 0 Å². The minimum atomic E-state index is -0.0560. The summed E-state index contributed by atoms with van der Waals surface area (Å²) in [7, 11) is 0. The fourth-order valence-electron chi connectivity index (χ4n) is 1.40. The van der Waals surface area contributed by atoms with E-state index in [0.29, 0.717) is 17.5 Å². The standard InChI is InChI=1S/C9H10ClN3O/c10-3-7-5-13(6-7)9(14)8-4-11-1-2-12-8/h1-2,4,7H,3,5-6H2. The number of hydrogen-bond acceptors (Lipinski definition) is 3. The maximum absolute atomic E-state index is 11.7. The van der Waals surface area contributed by atoms with E-state index in [1.54, 1.807) is 11.1 Å². The molecule has 0 atom stereocenters. The van der Waals surface area contributed by atoms with E-state index in [0.717, 1.165) is 13.1 Å². The van der Waals surface area contributed by atoms with E-state index in [1.165, 1.54) is 12.4 Å². The Morgan fingerprint density at radius 2 is 2.36 bits per heavy atom. The normalized spacial score (nSPS) is 16.5. The lowest BCUT2D eigenvalue weighted by Crippen LogP contribution is -2.50. The van der Waals surface area contributed by atoms with Crippen molar-refractivity contribution in [1.29, 1.82) is 0 Å². The van der Waals surface area contributed by atoms with Gasteiger partial charge in [-0.2, -0.15) is 0 Å². The maximum atomic E-state index is 11.7. The quantitative estimate of drug-likeness (QED) is 0.680. The lowest BCUT2D eigenvalue weighted by atomic mass is 10.0. The number of rotatable bonds is 2. The SMILES string of the molecule is O=C(c1cnccn1)N1CC(CCl)C1. The van der Waals surface area contributed by atoms with Crippen molar-refractivity contribution in [3.8, 4) is 0 Å². The first-order valence-corrected chi connectivity index (χ1v) is 4.96. The summed E-state index contributed by atoms with van der Waals surface area (Å²) in [6, 6.07) is 0. The molecule has 0 spiro atoms. The van der Waals surface area contributed by atoms with Gasteiger partial charge in [0.05, 0.1) is 6.20 Å². The smallest absolute Gasteiger partial charge is 0.274 e. The van der Waals surface area contributed by atoms with Gasteiger partial charge in [-0.05, 0) is 0 Å². The highest BCUT2D eigenvalue weighted by Crippen LogP contribution is 2.18. The zero-order valence-electron chi connectivity index (χ0n) is 7.56. The van der Waals surface area contributed by atoms with Gasteiger partial charge >= 0.3 is 0 Å². The second kappa shape index (κ2) is 3.92. The fourth-order valence-corrected chi connectivity index (χ4v) is 1.60. The second-order valence-corrected chi connectivity index (χ2v) is 3.63. The predicted octanol–water partition coefficient (Wildman–Crippen LogP) is 0.787. The molecule has 0 aromatic carbocycles. The second-order valence-electron chi connectivity index (χ2n) is 3.32. The first-order valence-electron chi connectivity index (χ1n) is 4.42. The van der Waals surface area contributed by atoms with E-state index in [-0.39, 0.29) is 5.91 Å². The summed E-state index contributed by atoms with van der Waals surface area (Å²) >= 11 is 5.65. The van der Waals surface area contributed by atoms with Crippen molar-refractivity contribution < 1.29 is 4.79 Å². The lowest BCUT2D eigenvalue weighted by Gasteiger charge is -2.37. The molecule has 14 heavy (non-hydrogen) atoms. The zero-order chi connectivity index (χ0) is 9.97. The molecule has 4 nitrogen and oxygen atoms in total. The van der Waals surface area contributed by atoms with Crippen LogP contribution in [0.5, 0.6) is 0 Å². The number of carbonyl (C=O) groups excluding carboxylic acids is 1. The van der Waals surface area contributed by atoms with Gasteiger partial charge in [-0.15, -0.1) is 11.6 Å². The third-order valence-electron chi connectivity index (χ3n) is 2.24. The van der Waals surface area contributed by atoms with Crippen LogP contribution in [0.3, 0.4) is 0 Å². The van der Waals surface area contributed by atoms with Crippen LogP contribution >= 0.6 is 11.6 Å². The van der Waals surface area contributed by atoms with Crippen molar-refractivity contribution in [1.82, 2.24) is 14.9 Å². The van der Waals surface area contributed by atoms with Gasteiger partial charge in [-0.25, -0.2) is 4.98 Å². The number of nitrogens with zero attached hydrogens (tertiary/aromatic N) is 3. The molecule has 1 amide bonds. The van der Waals surface area contributed by atoms with Gasteiger partial charge in [0.2, 0.25) is 0 Å². The molecule has 1 aromatic rings. The molecule has 1 aromatic heterocycles. The summed E-state index contributed by atoms with van der Waals surface area (Å²) < 4.78 is 0. The zero-order valence-corrected chi connectivity index (χ0v) is 8.31. The van der Waals surface area contributed by atoms with E-state index < -0.39 is 0 Å². The Kier molecular flexibility index (Phi) is 2.63. The maximum Gasteiger partial charge on any atom is 0.274 e. The number of likely N-dealkylation sites (tertiary alicyclic amines) is 1. The minimum absolute atomic E-state index is 0.0560. The van der Waals surface area contributed by atoms with Crippen molar-refractivity contribution >= 4 is 17.5 Å². The molecule has 0 N–H and O–H groups in total. The number of aromatic nitrogens is 2. The highest BCUT2D eigenvalue weighted by molar-refractivity contribution is 6.18. The lowest BCUT2D eigenvalue weighted by molar-refractivity contribution is 0.0529. The van der Waals surface area contributed by atoms with Crippen LogP contribution < -0.4 is 0 Å². The van der Waals surface area contributed by atoms with Gasteiger partial charge in [-0.1, -0.05) is 0 Å². The van der Waals surface area contributed by atoms with Crippen LogP contribution in [0.1, 0.15) is 10.5 Å². The molecule has 0 bridgehead atoms. The van der Waals surface area contributed by atoms with Gasteiger partial charge in [-0.3, -0.25) is 9.78 Å². The Morgan fingerprint density at radius 1 is 1.57 bits per heavy atom. The molecule has 0 unspecified atom stereocenters. The Labute approximate surface area is 86.9 Å². The fraction of sp³-hybridized carbons (Fsp3) is 0.444. The number of carbonyl (C=O) groups is 1. The average Bonchev–Trinajstić information content (AvgIpc) is 2.17. The van der Waals surface area contributed by atoms with E-state index in [9.17, 15) is 4.79 Å². The van der Waals surface area contributed by atoms with Gasteiger partial charge < -0.3 is 4.90 Å². The summed E-state index contributed by atoms with van der Waals surface area (Å²) in [5.41, 5.74) is 0.403. The van der Waals surface area contributed by atoms with Gasteiger partial charge in [0.25, 0.3) is 5.91 Å². The third kappa shape index (κ3) is 1.70. The molecule has 0 saturated carbocycles. The van der Waals surface area contributed by atoms with Crippen LogP contribution in [0.25, 0.3) is 0 Å². The molecule has 2 heterocycles. The molecule has 0 radical (unpaired) electrons. The summed E-state index contributed by atoms with van der Waals surface area (Å²) in [6.45, 7) is 1.47. The van der Waals surface area contributed by atoms with Crippen LogP contribution in [-0.4, -0.2) is 39.7 Å². The predicted molar refractivity (Wildman–Crippen MR) is 52.1 cm³/mol. The Balaban J connectivity index is 1.98. The molecule has 1 fully saturated rings. The monoisotopic (exact) mass is 211 g/mol. The van der Waals surface area contributed by atoms with Crippen LogP contribution in [0, 0.1) is 5.92 Å². The molecule has 1 saturated heterocycles. The third-order valence-corrected chi connectivity index (χ3v) is 2.68. The number of halogens is 1. The Morgan fingerprint density at radius 3 is 2.93 bits per heavy atom. The molecular formula is C9H10ClN3O. The van der Waals surface area contributed by atoms with Gasteiger partial charge in [0, 0.05) is 37.3 Å². The molecule has 2 rings (SSSR count). The Bertz CT molecular complexity index is 324. The average molecular weight is 212 g/mol.